The molecule has 0 N–H and O–H groups in total. The zero-order chi connectivity index (χ0) is 15.4. The van der Waals surface area contributed by atoms with Crippen LogP contribution in [0.25, 0.3) is 0 Å². The quantitative estimate of drug-likeness (QED) is 0.869. The SMILES string of the molecule is Fc1ccccc1OC1OCCOC1Oc1ccccc1F. The van der Waals surface area contributed by atoms with Crippen molar-refractivity contribution in [2.45, 2.75) is 12.6 Å². The molecular weight excluding hydrogens is 294 g/mol. The lowest BCUT2D eigenvalue weighted by Gasteiger charge is -2.31. The molecule has 1 aliphatic heterocycles. The first-order valence-electron chi connectivity index (χ1n) is 6.79. The van der Waals surface area contributed by atoms with Crippen LogP contribution in [-0.4, -0.2) is 25.8 Å². The normalized spacial score (nSPS) is 21.4. The van der Waals surface area contributed by atoms with Crippen LogP contribution < -0.4 is 9.47 Å². The van der Waals surface area contributed by atoms with Gasteiger partial charge in [-0.3, -0.25) is 0 Å². The fraction of sp³-hybridized carbons (Fsp3) is 0.250. The van der Waals surface area contributed by atoms with E-state index in [4.69, 9.17) is 18.9 Å². The highest BCUT2D eigenvalue weighted by molar-refractivity contribution is 5.25. The number of hydrogen-bond acceptors (Lipinski definition) is 4. The molecule has 0 aliphatic carbocycles. The molecule has 0 saturated carbocycles. The Kier molecular flexibility index (Phi) is 4.50. The Balaban J connectivity index is 1.74. The van der Waals surface area contributed by atoms with Gasteiger partial charge in [0.2, 0.25) is 0 Å². The van der Waals surface area contributed by atoms with Crippen molar-refractivity contribution >= 4 is 0 Å². The van der Waals surface area contributed by atoms with Crippen LogP contribution in [0.5, 0.6) is 11.5 Å². The largest absolute Gasteiger partial charge is 0.455 e. The molecule has 1 aliphatic rings. The van der Waals surface area contributed by atoms with Gasteiger partial charge < -0.3 is 18.9 Å². The van der Waals surface area contributed by atoms with E-state index in [2.05, 4.69) is 0 Å². The van der Waals surface area contributed by atoms with Gasteiger partial charge in [0.1, 0.15) is 0 Å². The summed E-state index contributed by atoms with van der Waals surface area (Å²) in [5.74, 6) is -1.03. The summed E-state index contributed by atoms with van der Waals surface area (Å²) in [6.07, 6.45) is -1.99. The summed E-state index contributed by atoms with van der Waals surface area (Å²) < 4.78 is 49.0. The van der Waals surface area contributed by atoms with E-state index in [1.165, 1.54) is 24.3 Å². The topological polar surface area (TPSA) is 36.9 Å². The number of hydrogen-bond donors (Lipinski definition) is 0. The molecule has 2 aromatic rings. The molecule has 0 spiro atoms. The summed E-state index contributed by atoms with van der Waals surface area (Å²) in [5, 5.41) is 0. The van der Waals surface area contributed by atoms with Crippen molar-refractivity contribution in [3.8, 4) is 11.5 Å². The second-order valence-corrected chi connectivity index (χ2v) is 4.57. The molecule has 0 radical (unpaired) electrons. The maximum absolute atomic E-state index is 13.6. The van der Waals surface area contributed by atoms with Gasteiger partial charge in [-0.2, -0.15) is 0 Å². The van der Waals surface area contributed by atoms with Gasteiger partial charge in [0.25, 0.3) is 12.6 Å². The van der Waals surface area contributed by atoms with Crippen LogP contribution in [0.1, 0.15) is 0 Å². The third-order valence-electron chi connectivity index (χ3n) is 3.03. The summed E-state index contributed by atoms with van der Waals surface area (Å²) >= 11 is 0. The second kappa shape index (κ2) is 6.72. The lowest BCUT2D eigenvalue weighted by Crippen LogP contribution is -2.45. The van der Waals surface area contributed by atoms with Crippen molar-refractivity contribution in [2.24, 2.45) is 0 Å². The van der Waals surface area contributed by atoms with E-state index in [-0.39, 0.29) is 24.7 Å². The zero-order valence-electron chi connectivity index (χ0n) is 11.6. The number of halogens is 2. The van der Waals surface area contributed by atoms with Gasteiger partial charge in [-0.05, 0) is 24.3 Å². The average Bonchev–Trinajstić information content (AvgIpc) is 2.53. The van der Waals surface area contributed by atoms with E-state index in [1.807, 2.05) is 0 Å². The first kappa shape index (κ1) is 14.7. The molecule has 6 heteroatoms. The number of benzene rings is 2. The molecule has 2 aromatic carbocycles. The Morgan fingerprint density at radius 2 is 1.14 bits per heavy atom. The molecule has 1 fully saturated rings. The molecule has 4 nitrogen and oxygen atoms in total. The minimum atomic E-state index is -0.995. The van der Waals surface area contributed by atoms with Gasteiger partial charge >= 0.3 is 0 Å². The highest BCUT2D eigenvalue weighted by Crippen LogP contribution is 2.24. The molecular formula is C16H14F2O4. The molecule has 0 aromatic heterocycles. The van der Waals surface area contributed by atoms with Crippen LogP contribution in [0.2, 0.25) is 0 Å². The van der Waals surface area contributed by atoms with Gasteiger partial charge in [0, 0.05) is 0 Å². The summed E-state index contributed by atoms with van der Waals surface area (Å²) in [6.45, 7) is 0.548. The predicted octanol–water partition coefficient (Wildman–Crippen LogP) is 3.12. The molecule has 0 amide bonds. The van der Waals surface area contributed by atoms with E-state index < -0.39 is 24.2 Å². The van der Waals surface area contributed by atoms with Crippen LogP contribution in [0.4, 0.5) is 8.78 Å². The minimum Gasteiger partial charge on any atom is -0.455 e. The van der Waals surface area contributed by atoms with Crippen molar-refractivity contribution in [1.29, 1.82) is 0 Å². The first-order valence-corrected chi connectivity index (χ1v) is 6.79. The van der Waals surface area contributed by atoms with Crippen LogP contribution in [-0.2, 0) is 9.47 Å². The zero-order valence-corrected chi connectivity index (χ0v) is 11.6. The Labute approximate surface area is 126 Å². The fourth-order valence-corrected chi connectivity index (χ4v) is 2.00. The van der Waals surface area contributed by atoms with E-state index in [1.54, 1.807) is 24.3 Å². The molecule has 2 unspecified atom stereocenters. The standard InChI is InChI=1S/C16H14F2O4/c17-11-5-1-3-7-13(11)21-15-16(20-10-9-19-15)22-14-8-4-2-6-12(14)18/h1-8,15-16H,9-10H2. The van der Waals surface area contributed by atoms with Gasteiger partial charge in [0.15, 0.2) is 23.1 Å². The predicted molar refractivity (Wildman–Crippen MR) is 73.5 cm³/mol. The number of ether oxygens (including phenoxy) is 4. The van der Waals surface area contributed by atoms with Crippen molar-refractivity contribution in [1.82, 2.24) is 0 Å². The van der Waals surface area contributed by atoms with Crippen molar-refractivity contribution in [2.75, 3.05) is 13.2 Å². The Hall–Kier alpha value is -2.18. The minimum absolute atomic E-state index is 0.0140. The lowest BCUT2D eigenvalue weighted by atomic mass is 10.3. The van der Waals surface area contributed by atoms with Gasteiger partial charge in [-0.15, -0.1) is 0 Å². The monoisotopic (exact) mass is 308 g/mol. The number of para-hydroxylation sites is 2. The van der Waals surface area contributed by atoms with Gasteiger partial charge in [-0.1, -0.05) is 24.3 Å². The van der Waals surface area contributed by atoms with Crippen molar-refractivity contribution < 1.29 is 27.7 Å². The number of rotatable bonds is 4. The highest BCUT2D eigenvalue weighted by atomic mass is 19.1. The third-order valence-corrected chi connectivity index (χ3v) is 3.03. The first-order chi connectivity index (χ1) is 10.7. The Morgan fingerprint density at radius 3 is 1.55 bits per heavy atom. The fourth-order valence-electron chi connectivity index (χ4n) is 2.00. The lowest BCUT2D eigenvalue weighted by molar-refractivity contribution is -0.271. The molecule has 2 atom stereocenters. The Bertz CT molecular complexity index is 580. The van der Waals surface area contributed by atoms with E-state index in [0.29, 0.717) is 0 Å². The van der Waals surface area contributed by atoms with Gasteiger partial charge in [-0.25, -0.2) is 8.78 Å². The smallest absolute Gasteiger partial charge is 0.263 e. The van der Waals surface area contributed by atoms with Crippen LogP contribution in [0.3, 0.4) is 0 Å². The molecule has 116 valence electrons. The summed E-state index contributed by atoms with van der Waals surface area (Å²) in [6, 6.07) is 11.8. The summed E-state index contributed by atoms with van der Waals surface area (Å²) in [5.41, 5.74) is 0. The molecule has 1 saturated heterocycles. The molecule has 3 rings (SSSR count). The third kappa shape index (κ3) is 3.35. The maximum Gasteiger partial charge on any atom is 0.263 e. The molecule has 0 bridgehead atoms. The summed E-state index contributed by atoms with van der Waals surface area (Å²) in [4.78, 5) is 0. The van der Waals surface area contributed by atoms with E-state index in [9.17, 15) is 8.78 Å². The summed E-state index contributed by atoms with van der Waals surface area (Å²) in [7, 11) is 0. The van der Waals surface area contributed by atoms with Crippen molar-refractivity contribution in [3.63, 3.8) is 0 Å². The molecule has 1 heterocycles. The van der Waals surface area contributed by atoms with Crippen LogP contribution >= 0.6 is 0 Å². The highest BCUT2D eigenvalue weighted by Gasteiger charge is 2.32. The average molecular weight is 308 g/mol. The van der Waals surface area contributed by atoms with Crippen LogP contribution in [0, 0.1) is 11.6 Å². The van der Waals surface area contributed by atoms with E-state index >= 15 is 0 Å². The molecule has 22 heavy (non-hydrogen) atoms. The maximum atomic E-state index is 13.6. The van der Waals surface area contributed by atoms with E-state index in [0.717, 1.165) is 0 Å². The van der Waals surface area contributed by atoms with Crippen molar-refractivity contribution in [3.05, 3.63) is 60.2 Å². The Morgan fingerprint density at radius 1 is 0.727 bits per heavy atom. The van der Waals surface area contributed by atoms with Gasteiger partial charge in [0.05, 0.1) is 13.2 Å². The second-order valence-electron chi connectivity index (χ2n) is 4.57. The van der Waals surface area contributed by atoms with Crippen LogP contribution in [0.15, 0.2) is 48.5 Å².